The van der Waals surface area contributed by atoms with Crippen LogP contribution in [0.15, 0.2) is 0 Å². The van der Waals surface area contributed by atoms with Gasteiger partial charge in [-0.1, -0.05) is 12.8 Å². The number of nitrogens with one attached hydrogen (secondary N) is 2. The molecule has 0 fully saturated rings. The first-order chi connectivity index (χ1) is 7.93. The molecule has 0 heterocycles. The van der Waals surface area contributed by atoms with Crippen molar-refractivity contribution in [1.82, 2.24) is 10.6 Å². The van der Waals surface area contributed by atoms with Crippen molar-refractivity contribution in [3.8, 4) is 12.3 Å². The summed E-state index contributed by atoms with van der Waals surface area (Å²) >= 11 is 1.69. The first kappa shape index (κ1) is 16.3. The quantitative estimate of drug-likeness (QED) is 0.512. The average molecular weight is 256 g/mol. The van der Waals surface area contributed by atoms with Gasteiger partial charge in [0.15, 0.2) is 0 Å². The predicted molar refractivity (Wildman–Crippen MR) is 76.1 cm³/mol. The van der Waals surface area contributed by atoms with Crippen molar-refractivity contribution < 1.29 is 4.79 Å². The van der Waals surface area contributed by atoms with Gasteiger partial charge in [0.1, 0.15) is 0 Å². The largest absolute Gasteiger partial charge is 0.350 e. The molecule has 0 radical (unpaired) electrons. The van der Waals surface area contributed by atoms with Gasteiger partial charge in [0.25, 0.3) is 0 Å². The Bertz CT molecular complexity index is 271. The molecule has 0 aliphatic rings. The number of hydrogen-bond acceptors (Lipinski definition) is 3. The van der Waals surface area contributed by atoms with Crippen molar-refractivity contribution in [2.45, 2.75) is 45.7 Å². The van der Waals surface area contributed by atoms with Gasteiger partial charge in [-0.2, -0.15) is 0 Å². The fraction of sp³-hybridized carbons (Fsp3) is 0.769. The van der Waals surface area contributed by atoms with Crippen LogP contribution in [0.5, 0.6) is 0 Å². The van der Waals surface area contributed by atoms with E-state index in [0.717, 1.165) is 24.5 Å². The fourth-order valence-electron chi connectivity index (χ4n) is 1.10. The number of carbonyl (C=O) groups is 1. The lowest BCUT2D eigenvalue weighted by atomic mass is 10.0. The molecule has 3 nitrogen and oxygen atoms in total. The molecule has 0 aromatic rings. The number of rotatable bonds is 8. The predicted octanol–water partition coefficient (Wildman–Crippen LogP) is 1.64. The van der Waals surface area contributed by atoms with E-state index >= 15 is 0 Å². The molecule has 4 heteroatoms. The number of thioether (sulfide) groups is 1. The van der Waals surface area contributed by atoms with Crippen LogP contribution in [0.3, 0.4) is 0 Å². The summed E-state index contributed by atoms with van der Waals surface area (Å²) in [6.07, 6.45) is 6.07. The summed E-state index contributed by atoms with van der Waals surface area (Å²) in [5.74, 6) is 4.28. The van der Waals surface area contributed by atoms with Gasteiger partial charge in [-0.15, -0.1) is 18.2 Å². The molecule has 1 unspecified atom stereocenters. The summed E-state index contributed by atoms with van der Waals surface area (Å²) in [4.78, 5) is 11.8. The van der Waals surface area contributed by atoms with E-state index < -0.39 is 0 Å². The van der Waals surface area contributed by atoms with E-state index in [1.165, 1.54) is 0 Å². The van der Waals surface area contributed by atoms with Crippen molar-refractivity contribution in [2.75, 3.05) is 18.1 Å². The van der Waals surface area contributed by atoms with Crippen molar-refractivity contribution >= 4 is 17.7 Å². The standard InChI is InChI=1S/C13H24N2OS/c1-6-9-17-10-8-14-11(3)12(16)15-13(4,5)7-2/h1,11,14H,7-10H2,2-5H3,(H,15,16). The maximum atomic E-state index is 11.8. The van der Waals surface area contributed by atoms with E-state index in [2.05, 4.69) is 23.5 Å². The summed E-state index contributed by atoms with van der Waals surface area (Å²) in [6.45, 7) is 8.80. The lowest BCUT2D eigenvalue weighted by molar-refractivity contribution is -0.124. The molecule has 0 saturated carbocycles. The molecule has 1 atom stereocenters. The smallest absolute Gasteiger partial charge is 0.237 e. The van der Waals surface area contributed by atoms with Gasteiger partial charge in [0, 0.05) is 17.8 Å². The Morgan fingerprint density at radius 3 is 2.71 bits per heavy atom. The minimum absolute atomic E-state index is 0.0544. The maximum Gasteiger partial charge on any atom is 0.237 e. The summed E-state index contributed by atoms with van der Waals surface area (Å²) in [7, 11) is 0. The lowest BCUT2D eigenvalue weighted by Crippen LogP contribution is -2.51. The number of carbonyl (C=O) groups excluding carboxylic acids is 1. The zero-order valence-electron chi connectivity index (χ0n) is 11.3. The molecule has 17 heavy (non-hydrogen) atoms. The lowest BCUT2D eigenvalue weighted by Gasteiger charge is -2.26. The second-order valence-corrected chi connectivity index (χ2v) is 5.76. The van der Waals surface area contributed by atoms with Crippen LogP contribution >= 0.6 is 11.8 Å². The Kier molecular flexibility index (Phi) is 8.11. The minimum atomic E-state index is -0.160. The zero-order chi connectivity index (χ0) is 13.3. The van der Waals surface area contributed by atoms with E-state index in [-0.39, 0.29) is 17.5 Å². The summed E-state index contributed by atoms with van der Waals surface area (Å²) in [5.41, 5.74) is -0.134. The Morgan fingerprint density at radius 2 is 2.18 bits per heavy atom. The Hall–Kier alpha value is -0.660. The monoisotopic (exact) mass is 256 g/mol. The second-order valence-electron chi connectivity index (χ2n) is 4.66. The topological polar surface area (TPSA) is 41.1 Å². The molecule has 0 aliphatic carbocycles. The first-order valence-electron chi connectivity index (χ1n) is 5.99. The molecule has 0 bridgehead atoms. The Labute approximate surface area is 110 Å². The molecule has 0 rings (SSSR count). The molecule has 2 N–H and O–H groups in total. The van der Waals surface area contributed by atoms with Gasteiger partial charge < -0.3 is 10.6 Å². The van der Waals surface area contributed by atoms with Gasteiger partial charge in [-0.25, -0.2) is 0 Å². The first-order valence-corrected chi connectivity index (χ1v) is 7.15. The summed E-state index contributed by atoms with van der Waals surface area (Å²) < 4.78 is 0. The van der Waals surface area contributed by atoms with Crippen LogP contribution in [-0.2, 0) is 4.79 Å². The van der Waals surface area contributed by atoms with E-state index in [9.17, 15) is 4.79 Å². The maximum absolute atomic E-state index is 11.8. The molecule has 0 aromatic carbocycles. The van der Waals surface area contributed by atoms with Crippen LogP contribution in [-0.4, -0.2) is 35.5 Å². The van der Waals surface area contributed by atoms with Gasteiger partial charge in [-0.3, -0.25) is 4.79 Å². The van der Waals surface area contributed by atoms with Crippen molar-refractivity contribution in [3.05, 3.63) is 0 Å². The molecule has 0 aliphatic heterocycles. The third-order valence-corrected chi connectivity index (χ3v) is 3.48. The van der Waals surface area contributed by atoms with Gasteiger partial charge >= 0.3 is 0 Å². The zero-order valence-corrected chi connectivity index (χ0v) is 12.1. The van der Waals surface area contributed by atoms with Crippen LogP contribution in [0.4, 0.5) is 0 Å². The highest BCUT2D eigenvalue weighted by Crippen LogP contribution is 2.07. The van der Waals surface area contributed by atoms with E-state index in [1.54, 1.807) is 11.8 Å². The fourth-order valence-corrected chi connectivity index (χ4v) is 1.63. The SMILES string of the molecule is C#CCSCCNC(C)C(=O)NC(C)(C)CC. The Balaban J connectivity index is 3.79. The highest BCUT2D eigenvalue weighted by molar-refractivity contribution is 7.99. The highest BCUT2D eigenvalue weighted by atomic mass is 32.2. The highest BCUT2D eigenvalue weighted by Gasteiger charge is 2.21. The number of amides is 1. The average Bonchev–Trinajstić information content (AvgIpc) is 2.28. The van der Waals surface area contributed by atoms with Crippen molar-refractivity contribution in [3.63, 3.8) is 0 Å². The van der Waals surface area contributed by atoms with Gasteiger partial charge in [-0.05, 0) is 27.2 Å². The van der Waals surface area contributed by atoms with Crippen LogP contribution in [0.1, 0.15) is 34.1 Å². The van der Waals surface area contributed by atoms with E-state index in [4.69, 9.17) is 6.42 Å². The van der Waals surface area contributed by atoms with Crippen LogP contribution in [0.2, 0.25) is 0 Å². The molecule has 0 spiro atoms. The van der Waals surface area contributed by atoms with Crippen molar-refractivity contribution in [2.24, 2.45) is 0 Å². The van der Waals surface area contributed by atoms with Gasteiger partial charge in [0.05, 0.1) is 11.8 Å². The number of terminal acetylenes is 1. The summed E-state index contributed by atoms with van der Waals surface area (Å²) in [6, 6.07) is -0.160. The molecule has 98 valence electrons. The second kappa shape index (κ2) is 8.43. The number of hydrogen-bond donors (Lipinski definition) is 2. The van der Waals surface area contributed by atoms with E-state index in [0.29, 0.717) is 0 Å². The van der Waals surface area contributed by atoms with Crippen LogP contribution in [0.25, 0.3) is 0 Å². The van der Waals surface area contributed by atoms with Crippen molar-refractivity contribution in [1.29, 1.82) is 0 Å². The molecular formula is C13H24N2OS. The molecule has 0 aromatic heterocycles. The molecule has 0 saturated heterocycles. The third kappa shape index (κ3) is 8.12. The van der Waals surface area contributed by atoms with Crippen LogP contribution < -0.4 is 10.6 Å². The Morgan fingerprint density at radius 1 is 1.53 bits per heavy atom. The molecular weight excluding hydrogens is 232 g/mol. The minimum Gasteiger partial charge on any atom is -0.350 e. The van der Waals surface area contributed by atoms with E-state index in [1.807, 2.05) is 20.8 Å². The molecule has 1 amide bonds. The van der Waals surface area contributed by atoms with Crippen LogP contribution in [0, 0.1) is 12.3 Å². The normalized spacial score (nSPS) is 12.9. The third-order valence-electron chi connectivity index (χ3n) is 2.62. The van der Waals surface area contributed by atoms with Gasteiger partial charge in [0.2, 0.25) is 5.91 Å². The summed E-state index contributed by atoms with van der Waals surface area (Å²) in [5, 5.41) is 6.20.